The Morgan fingerprint density at radius 2 is 2.13 bits per heavy atom. The maximum absolute atomic E-state index is 11.1. The molecule has 0 spiro atoms. The van der Waals surface area contributed by atoms with Crippen LogP contribution < -0.4 is 0 Å². The number of nitrogens with zero attached hydrogens (tertiary/aromatic N) is 1. The summed E-state index contributed by atoms with van der Waals surface area (Å²) in [6.45, 7) is 8.62. The van der Waals surface area contributed by atoms with E-state index in [4.69, 9.17) is 6.57 Å². The van der Waals surface area contributed by atoms with Gasteiger partial charge in [-0.3, -0.25) is 0 Å². The van der Waals surface area contributed by atoms with E-state index < -0.39 is 0 Å². The molecule has 0 aliphatic rings. The van der Waals surface area contributed by atoms with E-state index in [9.17, 15) is 4.79 Å². The molecule has 0 bridgehead atoms. The van der Waals surface area contributed by atoms with Crippen LogP contribution in [0.25, 0.3) is 10.9 Å². The highest BCUT2D eigenvalue weighted by Gasteiger charge is 2.04. The Labute approximate surface area is 88.8 Å². The molecule has 0 N–H and O–H groups in total. The fraction of sp³-hybridized carbons (Fsp3) is 0.167. The van der Waals surface area contributed by atoms with Gasteiger partial charge in [0.2, 0.25) is 0 Å². The summed E-state index contributed by atoms with van der Waals surface area (Å²) in [6, 6.07) is 7.12. The number of carbonyl (C=O) groups is 1. The minimum Gasteiger partial charge on any atom is -0.466 e. The van der Waals surface area contributed by atoms with Gasteiger partial charge in [-0.1, -0.05) is 30.3 Å². The molecule has 76 valence electrons. The van der Waals surface area contributed by atoms with Gasteiger partial charge in [0.1, 0.15) is 0 Å². The molecule has 0 aliphatic heterocycles. The second kappa shape index (κ2) is 4.97. The predicted octanol–water partition coefficient (Wildman–Crippen LogP) is 2.81. The Morgan fingerprint density at radius 1 is 1.47 bits per heavy atom. The summed E-state index contributed by atoms with van der Waals surface area (Å²) >= 11 is 0. The van der Waals surface area contributed by atoms with Crippen LogP contribution in [0.3, 0.4) is 0 Å². The maximum atomic E-state index is 11.1. The Bertz CT molecular complexity index is 441. The van der Waals surface area contributed by atoms with Crippen molar-refractivity contribution in [2.45, 2.75) is 6.92 Å². The van der Waals surface area contributed by atoms with Crippen LogP contribution in [0.4, 0.5) is 5.69 Å². The molecule has 1 aromatic rings. The van der Waals surface area contributed by atoms with Crippen molar-refractivity contribution in [1.29, 1.82) is 0 Å². The van der Waals surface area contributed by atoms with Gasteiger partial charge in [0, 0.05) is 5.57 Å². The standard InChI is InChI=1S/C12H11NO2/c1-9(12(14)15-3)8-10-6-4-5-7-11(10)13-2/h4-8H,1,3H3/b9-8+. The molecular weight excluding hydrogens is 190 g/mol. The molecule has 0 amide bonds. The summed E-state index contributed by atoms with van der Waals surface area (Å²) in [5, 5.41) is 0. The third-order valence-corrected chi connectivity index (χ3v) is 1.94. The normalized spacial score (nSPS) is 10.6. The number of para-hydroxylation sites is 1. The van der Waals surface area contributed by atoms with Crippen molar-refractivity contribution < 1.29 is 9.53 Å². The molecule has 3 nitrogen and oxygen atoms in total. The molecule has 0 aromatic heterocycles. The van der Waals surface area contributed by atoms with Gasteiger partial charge < -0.3 is 4.74 Å². The summed E-state index contributed by atoms with van der Waals surface area (Å²) in [5.41, 5.74) is 1.74. The summed E-state index contributed by atoms with van der Waals surface area (Å²) in [4.78, 5) is 14.5. The Morgan fingerprint density at radius 3 is 2.73 bits per heavy atom. The molecule has 0 heterocycles. The summed E-state index contributed by atoms with van der Waals surface area (Å²) in [7, 11) is 1.33. The van der Waals surface area contributed by atoms with E-state index in [1.54, 1.807) is 31.2 Å². The van der Waals surface area contributed by atoms with E-state index in [1.165, 1.54) is 7.11 Å². The van der Waals surface area contributed by atoms with Gasteiger partial charge in [0.15, 0.2) is 5.69 Å². The first-order valence-corrected chi connectivity index (χ1v) is 4.42. The number of hydrogen-bond donors (Lipinski definition) is 0. The van der Waals surface area contributed by atoms with Crippen molar-refractivity contribution in [3.05, 3.63) is 46.8 Å². The highest BCUT2D eigenvalue weighted by molar-refractivity contribution is 5.94. The van der Waals surface area contributed by atoms with Gasteiger partial charge in [-0.05, 0) is 12.5 Å². The minimum absolute atomic E-state index is 0.380. The van der Waals surface area contributed by atoms with E-state index in [0.29, 0.717) is 11.3 Å². The first-order chi connectivity index (χ1) is 7.19. The summed E-state index contributed by atoms with van der Waals surface area (Å²) in [5.74, 6) is -0.380. The highest BCUT2D eigenvalue weighted by atomic mass is 16.5. The van der Waals surface area contributed by atoms with Crippen LogP contribution in [0.5, 0.6) is 0 Å². The van der Waals surface area contributed by atoms with E-state index in [2.05, 4.69) is 9.58 Å². The highest BCUT2D eigenvalue weighted by Crippen LogP contribution is 2.21. The Hall–Kier alpha value is -2.08. The first-order valence-electron chi connectivity index (χ1n) is 4.42. The van der Waals surface area contributed by atoms with Crippen LogP contribution in [0.2, 0.25) is 0 Å². The second-order valence-corrected chi connectivity index (χ2v) is 2.99. The largest absolute Gasteiger partial charge is 0.466 e. The van der Waals surface area contributed by atoms with Crippen LogP contribution in [-0.4, -0.2) is 13.1 Å². The van der Waals surface area contributed by atoms with Gasteiger partial charge >= 0.3 is 5.97 Å². The zero-order chi connectivity index (χ0) is 11.3. The number of methoxy groups -OCH3 is 1. The van der Waals surface area contributed by atoms with E-state index in [-0.39, 0.29) is 5.97 Å². The predicted molar refractivity (Wildman–Crippen MR) is 58.4 cm³/mol. The average Bonchev–Trinajstić information content (AvgIpc) is 2.28. The lowest BCUT2D eigenvalue weighted by atomic mass is 10.1. The molecule has 1 aromatic carbocycles. The van der Waals surface area contributed by atoms with E-state index >= 15 is 0 Å². The molecule has 15 heavy (non-hydrogen) atoms. The van der Waals surface area contributed by atoms with Crippen molar-refractivity contribution in [3.63, 3.8) is 0 Å². The quantitative estimate of drug-likeness (QED) is 0.418. The van der Waals surface area contributed by atoms with Gasteiger partial charge in [-0.25, -0.2) is 9.64 Å². The third kappa shape index (κ3) is 2.68. The summed E-state index contributed by atoms with van der Waals surface area (Å²) in [6.07, 6.45) is 1.65. The lowest BCUT2D eigenvalue weighted by Gasteiger charge is -2.00. The number of esters is 1. The van der Waals surface area contributed by atoms with Crippen LogP contribution in [0.1, 0.15) is 12.5 Å². The second-order valence-electron chi connectivity index (χ2n) is 2.99. The number of carbonyl (C=O) groups excluding carboxylic acids is 1. The molecule has 3 heteroatoms. The van der Waals surface area contributed by atoms with Crippen molar-refractivity contribution in [2.24, 2.45) is 0 Å². The molecule has 0 saturated heterocycles. The van der Waals surface area contributed by atoms with Crippen LogP contribution in [0, 0.1) is 6.57 Å². The maximum Gasteiger partial charge on any atom is 0.333 e. The molecular formula is C12H11NO2. The minimum atomic E-state index is -0.380. The van der Waals surface area contributed by atoms with E-state index in [0.717, 1.165) is 5.56 Å². The van der Waals surface area contributed by atoms with Gasteiger partial charge in [-0.2, -0.15) is 0 Å². The van der Waals surface area contributed by atoms with Crippen molar-refractivity contribution in [2.75, 3.05) is 7.11 Å². The molecule has 0 saturated carbocycles. The van der Waals surface area contributed by atoms with Crippen LogP contribution in [-0.2, 0) is 9.53 Å². The fourth-order valence-corrected chi connectivity index (χ4v) is 1.16. The lowest BCUT2D eigenvalue weighted by Crippen LogP contribution is -2.00. The third-order valence-electron chi connectivity index (χ3n) is 1.94. The Balaban J connectivity index is 3.09. The topological polar surface area (TPSA) is 30.7 Å². The van der Waals surface area contributed by atoms with E-state index in [1.807, 2.05) is 6.07 Å². The lowest BCUT2D eigenvalue weighted by molar-refractivity contribution is -0.135. The molecule has 0 fully saturated rings. The van der Waals surface area contributed by atoms with Crippen molar-refractivity contribution in [1.82, 2.24) is 0 Å². The van der Waals surface area contributed by atoms with Crippen LogP contribution >= 0.6 is 0 Å². The average molecular weight is 201 g/mol. The molecule has 0 radical (unpaired) electrons. The van der Waals surface area contributed by atoms with Crippen molar-refractivity contribution >= 4 is 17.7 Å². The SMILES string of the molecule is [C-]#[N+]c1ccccc1/C=C(\C)C(=O)OC. The molecule has 0 aliphatic carbocycles. The van der Waals surface area contributed by atoms with Gasteiger partial charge in [-0.15, -0.1) is 0 Å². The number of hydrogen-bond acceptors (Lipinski definition) is 2. The number of rotatable bonds is 2. The smallest absolute Gasteiger partial charge is 0.333 e. The monoisotopic (exact) mass is 201 g/mol. The van der Waals surface area contributed by atoms with Crippen LogP contribution in [0.15, 0.2) is 29.8 Å². The zero-order valence-corrected chi connectivity index (χ0v) is 8.65. The van der Waals surface area contributed by atoms with Crippen molar-refractivity contribution in [3.8, 4) is 0 Å². The van der Waals surface area contributed by atoms with Gasteiger partial charge in [0.05, 0.1) is 13.7 Å². The Kier molecular flexibility index (Phi) is 3.64. The number of ether oxygens (including phenoxy) is 1. The zero-order valence-electron chi connectivity index (χ0n) is 8.65. The fourth-order valence-electron chi connectivity index (χ4n) is 1.16. The first kappa shape index (κ1) is 11.0. The number of benzene rings is 1. The molecule has 0 unspecified atom stereocenters. The van der Waals surface area contributed by atoms with Gasteiger partial charge in [0.25, 0.3) is 0 Å². The molecule has 1 rings (SSSR count). The molecule has 0 atom stereocenters. The summed E-state index contributed by atoms with van der Waals surface area (Å²) < 4.78 is 4.57.